The van der Waals surface area contributed by atoms with Crippen molar-refractivity contribution in [3.8, 4) is 0 Å². The van der Waals surface area contributed by atoms with Crippen LogP contribution in [0.1, 0.15) is 16.4 Å². The molecule has 0 saturated carbocycles. The number of benzene rings is 2. The first-order chi connectivity index (χ1) is 14.1. The molecular formula is C22H19N3O2S2. The number of fused-ring (bicyclic) bond motifs is 1. The summed E-state index contributed by atoms with van der Waals surface area (Å²) in [5.41, 5.74) is 8.97. The number of hydrogen-bond donors (Lipinski definition) is 2. The molecule has 1 amide bonds. The average Bonchev–Trinajstić information content (AvgIpc) is 3.10. The monoisotopic (exact) mass is 421 g/mol. The van der Waals surface area contributed by atoms with E-state index in [9.17, 15) is 9.90 Å². The minimum Gasteiger partial charge on any atom is -0.395 e. The fraction of sp³-hybridized carbons (Fsp3) is 0.136. The molecule has 3 aromatic rings. The Hall–Kier alpha value is -2.45. The Balaban J connectivity index is 1.54. The topological polar surface area (TPSA) is 88.6 Å². The van der Waals surface area contributed by atoms with Gasteiger partial charge >= 0.3 is 0 Å². The number of amides is 1. The first-order valence-corrected chi connectivity index (χ1v) is 10.8. The number of carbonyl (C=O) groups excluding carboxylic acids is 1. The summed E-state index contributed by atoms with van der Waals surface area (Å²) in [6, 6.07) is 19.0. The minimum absolute atomic E-state index is 0.147. The molecule has 5 nitrogen and oxygen atoms in total. The molecule has 4 rings (SSSR count). The summed E-state index contributed by atoms with van der Waals surface area (Å²) in [7, 11) is 0. The minimum atomic E-state index is -0.457. The lowest BCUT2D eigenvalue weighted by Crippen LogP contribution is -2.30. The predicted molar refractivity (Wildman–Crippen MR) is 122 cm³/mol. The van der Waals surface area contributed by atoms with Gasteiger partial charge in [-0.25, -0.2) is 0 Å². The number of hydrogen-bond acceptors (Lipinski definition) is 6. The molecule has 7 heteroatoms. The largest absolute Gasteiger partial charge is 0.395 e. The van der Waals surface area contributed by atoms with Gasteiger partial charge in [-0.15, -0.1) is 0 Å². The van der Waals surface area contributed by atoms with Gasteiger partial charge in [-0.1, -0.05) is 66.0 Å². The number of aliphatic imine (C=N–C) groups is 1. The van der Waals surface area contributed by atoms with Crippen LogP contribution in [0.4, 0.5) is 0 Å². The van der Waals surface area contributed by atoms with Crippen LogP contribution < -0.4 is 5.73 Å². The van der Waals surface area contributed by atoms with Gasteiger partial charge in [-0.3, -0.25) is 9.78 Å². The molecule has 146 valence electrons. The van der Waals surface area contributed by atoms with Crippen LogP contribution >= 0.6 is 23.5 Å². The number of rotatable bonds is 5. The molecule has 2 heterocycles. The number of aliphatic hydroxyl groups is 1. The molecule has 1 unspecified atom stereocenters. The lowest BCUT2D eigenvalue weighted by atomic mass is 10.1. The maximum absolute atomic E-state index is 12.4. The Morgan fingerprint density at radius 1 is 1.14 bits per heavy atom. The number of carbonyl (C=O) groups is 1. The van der Waals surface area contributed by atoms with Crippen molar-refractivity contribution < 1.29 is 9.90 Å². The van der Waals surface area contributed by atoms with Gasteiger partial charge in [0.05, 0.1) is 22.3 Å². The van der Waals surface area contributed by atoms with E-state index in [1.54, 1.807) is 6.20 Å². The molecule has 0 fully saturated rings. The van der Waals surface area contributed by atoms with Gasteiger partial charge in [0.2, 0.25) is 0 Å². The number of nitrogens with two attached hydrogens (primary N) is 1. The van der Waals surface area contributed by atoms with Crippen molar-refractivity contribution in [2.45, 2.75) is 11.3 Å². The van der Waals surface area contributed by atoms with Crippen LogP contribution in [0.3, 0.4) is 0 Å². The first kappa shape index (κ1) is 19.8. The molecule has 1 aliphatic heterocycles. The van der Waals surface area contributed by atoms with Gasteiger partial charge in [0.15, 0.2) is 0 Å². The normalized spacial score (nSPS) is 17.5. The lowest BCUT2D eigenvalue weighted by Gasteiger charge is -2.21. The van der Waals surface area contributed by atoms with Gasteiger partial charge in [0.25, 0.3) is 5.91 Å². The smallest absolute Gasteiger partial charge is 0.285 e. The number of thioether (sulfide) groups is 2. The van der Waals surface area contributed by atoms with Crippen molar-refractivity contribution in [2.24, 2.45) is 10.7 Å². The second-order valence-electron chi connectivity index (χ2n) is 6.54. The van der Waals surface area contributed by atoms with Crippen LogP contribution in [-0.4, -0.2) is 33.0 Å². The summed E-state index contributed by atoms with van der Waals surface area (Å²) in [4.78, 5) is 21.5. The molecule has 0 aliphatic carbocycles. The fourth-order valence-electron chi connectivity index (χ4n) is 3.03. The van der Waals surface area contributed by atoms with E-state index in [4.69, 9.17) is 5.73 Å². The SMILES string of the molecule is NC(CO)[C@@H](SC1=NC(=O)C(=Cc2ccc3ncccc3c2)S1)c1ccccc1. The van der Waals surface area contributed by atoms with Crippen LogP contribution in [0, 0.1) is 0 Å². The van der Waals surface area contributed by atoms with E-state index in [0.29, 0.717) is 9.28 Å². The quantitative estimate of drug-likeness (QED) is 0.606. The van der Waals surface area contributed by atoms with E-state index in [0.717, 1.165) is 22.0 Å². The first-order valence-electron chi connectivity index (χ1n) is 9.09. The van der Waals surface area contributed by atoms with Crippen LogP contribution in [-0.2, 0) is 4.79 Å². The summed E-state index contributed by atoms with van der Waals surface area (Å²) >= 11 is 2.76. The van der Waals surface area contributed by atoms with Gasteiger partial charge in [-0.2, -0.15) is 4.99 Å². The van der Waals surface area contributed by atoms with Crippen LogP contribution in [0.25, 0.3) is 17.0 Å². The molecule has 0 spiro atoms. The van der Waals surface area contributed by atoms with E-state index in [1.807, 2.05) is 66.7 Å². The van der Waals surface area contributed by atoms with E-state index < -0.39 is 6.04 Å². The van der Waals surface area contributed by atoms with E-state index in [-0.39, 0.29) is 17.8 Å². The zero-order chi connectivity index (χ0) is 20.2. The van der Waals surface area contributed by atoms with Crippen molar-refractivity contribution in [3.05, 3.63) is 82.9 Å². The highest BCUT2D eigenvalue weighted by Crippen LogP contribution is 2.41. The third-order valence-corrected chi connectivity index (χ3v) is 6.97. The highest BCUT2D eigenvalue weighted by Gasteiger charge is 2.28. The Labute approximate surface area is 177 Å². The van der Waals surface area contributed by atoms with Crippen molar-refractivity contribution in [3.63, 3.8) is 0 Å². The van der Waals surface area contributed by atoms with E-state index >= 15 is 0 Å². The van der Waals surface area contributed by atoms with Gasteiger partial charge in [0.1, 0.15) is 4.38 Å². The standard InChI is InChI=1S/C22H19N3O2S2/c23-17(13-26)20(15-5-2-1-3-6-15)29-22-25-21(27)19(28-22)12-14-8-9-18-16(11-14)7-4-10-24-18/h1-12,17,20,26H,13,23H2/t17?,20-/m0/s1. The summed E-state index contributed by atoms with van der Waals surface area (Å²) in [6.07, 6.45) is 3.61. The van der Waals surface area contributed by atoms with Gasteiger partial charge < -0.3 is 10.8 Å². The van der Waals surface area contributed by atoms with Gasteiger partial charge in [-0.05, 0) is 35.4 Å². The highest BCUT2D eigenvalue weighted by atomic mass is 32.2. The molecule has 2 atom stereocenters. The van der Waals surface area contributed by atoms with Crippen molar-refractivity contribution >= 4 is 50.8 Å². The molecule has 3 N–H and O–H groups in total. The third-order valence-electron chi connectivity index (χ3n) is 4.48. The number of aromatic nitrogens is 1. The van der Waals surface area contributed by atoms with Crippen molar-refractivity contribution in [2.75, 3.05) is 6.61 Å². The Kier molecular flexibility index (Phi) is 6.10. The predicted octanol–water partition coefficient (Wildman–Crippen LogP) is 4.00. The maximum Gasteiger partial charge on any atom is 0.285 e. The summed E-state index contributed by atoms with van der Waals surface area (Å²) in [5, 5.41) is 10.4. The summed E-state index contributed by atoms with van der Waals surface area (Å²) in [6.45, 7) is -0.147. The van der Waals surface area contributed by atoms with Crippen molar-refractivity contribution in [1.29, 1.82) is 0 Å². The highest BCUT2D eigenvalue weighted by molar-refractivity contribution is 8.41. The molecule has 29 heavy (non-hydrogen) atoms. The Morgan fingerprint density at radius 3 is 2.76 bits per heavy atom. The molecule has 1 aromatic heterocycles. The van der Waals surface area contributed by atoms with Crippen LogP contribution in [0.2, 0.25) is 0 Å². The molecule has 2 aromatic carbocycles. The van der Waals surface area contributed by atoms with E-state index in [2.05, 4.69) is 9.98 Å². The number of nitrogens with zero attached hydrogens (tertiary/aromatic N) is 2. The molecule has 1 aliphatic rings. The number of pyridine rings is 1. The molecule has 0 bridgehead atoms. The van der Waals surface area contributed by atoms with E-state index in [1.165, 1.54) is 23.5 Å². The van der Waals surface area contributed by atoms with Crippen LogP contribution in [0.5, 0.6) is 0 Å². The summed E-state index contributed by atoms with van der Waals surface area (Å²) in [5.74, 6) is -0.256. The molecular weight excluding hydrogens is 402 g/mol. The number of aliphatic hydroxyl groups excluding tert-OH is 1. The van der Waals surface area contributed by atoms with Crippen molar-refractivity contribution in [1.82, 2.24) is 4.98 Å². The second kappa shape index (κ2) is 8.92. The fourth-order valence-corrected chi connectivity index (χ4v) is 5.35. The second-order valence-corrected chi connectivity index (χ2v) is 8.96. The summed E-state index contributed by atoms with van der Waals surface area (Å²) < 4.78 is 0.640. The molecule has 0 radical (unpaired) electrons. The third kappa shape index (κ3) is 4.59. The van der Waals surface area contributed by atoms with Gasteiger partial charge in [0, 0.05) is 17.6 Å². The zero-order valence-electron chi connectivity index (χ0n) is 15.4. The maximum atomic E-state index is 12.4. The Morgan fingerprint density at radius 2 is 1.97 bits per heavy atom. The van der Waals surface area contributed by atoms with Crippen LogP contribution in [0.15, 0.2) is 76.8 Å². The Bertz CT molecular complexity index is 1100. The zero-order valence-corrected chi connectivity index (χ0v) is 17.1. The average molecular weight is 422 g/mol. The lowest BCUT2D eigenvalue weighted by molar-refractivity contribution is -0.113. The molecule has 0 saturated heterocycles.